The molecule has 3 heteroatoms. The summed E-state index contributed by atoms with van der Waals surface area (Å²) in [5, 5.41) is 9.48. The van der Waals surface area contributed by atoms with E-state index in [1.165, 1.54) is 0 Å². The van der Waals surface area contributed by atoms with Gasteiger partial charge in [-0.3, -0.25) is 0 Å². The Labute approximate surface area is 108 Å². The van der Waals surface area contributed by atoms with E-state index in [9.17, 15) is 5.26 Å². The number of methoxy groups -OCH3 is 1. The minimum atomic E-state index is -0.213. The van der Waals surface area contributed by atoms with Gasteiger partial charge in [0, 0.05) is 5.56 Å². The maximum absolute atomic E-state index is 9.48. The number of hydrogen-bond donors (Lipinski definition) is 0. The standard InChI is InChI=1S/C15H19NO2/c1-11(2)13(8-16)15(9-18-10-15)12-6-4-5-7-14(12)17-3/h4-7,11,13H,9-10H2,1-3H3. The maximum Gasteiger partial charge on any atom is 0.122 e. The molecule has 1 atom stereocenters. The van der Waals surface area contributed by atoms with Crippen molar-refractivity contribution in [3.63, 3.8) is 0 Å². The minimum absolute atomic E-state index is 0.0532. The van der Waals surface area contributed by atoms with Crippen molar-refractivity contribution in [3.05, 3.63) is 29.8 Å². The molecule has 1 unspecified atom stereocenters. The van der Waals surface area contributed by atoms with Crippen LogP contribution in [0, 0.1) is 23.2 Å². The first-order valence-electron chi connectivity index (χ1n) is 6.26. The highest BCUT2D eigenvalue weighted by Gasteiger charge is 2.50. The third-order valence-corrected chi connectivity index (χ3v) is 3.76. The molecular weight excluding hydrogens is 226 g/mol. The third-order valence-electron chi connectivity index (χ3n) is 3.76. The Morgan fingerprint density at radius 2 is 2.00 bits per heavy atom. The lowest BCUT2D eigenvalue weighted by molar-refractivity contribution is -0.0885. The van der Waals surface area contributed by atoms with Crippen LogP contribution in [0.2, 0.25) is 0 Å². The number of hydrogen-bond acceptors (Lipinski definition) is 3. The molecule has 1 fully saturated rings. The second kappa shape index (κ2) is 4.99. The summed E-state index contributed by atoms with van der Waals surface area (Å²) in [5.74, 6) is 1.09. The molecule has 1 saturated heterocycles. The zero-order valence-electron chi connectivity index (χ0n) is 11.1. The van der Waals surface area contributed by atoms with Crippen LogP contribution in [-0.4, -0.2) is 20.3 Å². The fraction of sp³-hybridized carbons (Fsp3) is 0.533. The van der Waals surface area contributed by atoms with Crippen LogP contribution in [0.25, 0.3) is 0 Å². The Balaban J connectivity index is 2.47. The lowest BCUT2D eigenvalue weighted by Gasteiger charge is -2.46. The molecule has 0 N–H and O–H groups in total. The summed E-state index contributed by atoms with van der Waals surface area (Å²) in [4.78, 5) is 0. The number of ether oxygens (including phenoxy) is 2. The van der Waals surface area contributed by atoms with Crippen LogP contribution in [0.15, 0.2) is 24.3 Å². The largest absolute Gasteiger partial charge is 0.496 e. The van der Waals surface area contributed by atoms with E-state index in [-0.39, 0.29) is 11.3 Å². The first-order valence-corrected chi connectivity index (χ1v) is 6.26. The lowest BCUT2D eigenvalue weighted by atomic mass is 9.65. The predicted molar refractivity (Wildman–Crippen MR) is 69.4 cm³/mol. The van der Waals surface area contributed by atoms with Crippen LogP contribution in [0.3, 0.4) is 0 Å². The fourth-order valence-corrected chi connectivity index (χ4v) is 2.79. The van der Waals surface area contributed by atoms with Gasteiger partial charge in [-0.25, -0.2) is 0 Å². The highest BCUT2D eigenvalue weighted by molar-refractivity contribution is 5.43. The van der Waals surface area contributed by atoms with Gasteiger partial charge in [0.2, 0.25) is 0 Å². The van der Waals surface area contributed by atoms with E-state index in [0.29, 0.717) is 19.1 Å². The number of para-hydroxylation sites is 1. The van der Waals surface area contributed by atoms with Crippen LogP contribution in [-0.2, 0) is 10.2 Å². The van der Waals surface area contributed by atoms with Gasteiger partial charge in [0.15, 0.2) is 0 Å². The first-order chi connectivity index (χ1) is 8.65. The Kier molecular flexibility index (Phi) is 3.58. The van der Waals surface area contributed by atoms with Gasteiger partial charge >= 0.3 is 0 Å². The van der Waals surface area contributed by atoms with Crippen LogP contribution in [0.4, 0.5) is 0 Å². The summed E-state index contributed by atoms with van der Waals surface area (Å²) >= 11 is 0. The van der Waals surface area contributed by atoms with Crippen molar-refractivity contribution < 1.29 is 9.47 Å². The van der Waals surface area contributed by atoms with Crippen molar-refractivity contribution >= 4 is 0 Å². The maximum atomic E-state index is 9.48. The molecule has 1 heterocycles. The average Bonchev–Trinajstić information content (AvgIpc) is 2.33. The van der Waals surface area contributed by atoms with E-state index in [1.54, 1.807) is 7.11 Å². The zero-order chi connectivity index (χ0) is 13.2. The van der Waals surface area contributed by atoms with Gasteiger partial charge in [0.25, 0.3) is 0 Å². The van der Waals surface area contributed by atoms with E-state index < -0.39 is 0 Å². The molecule has 1 aliphatic rings. The Morgan fingerprint density at radius 1 is 1.33 bits per heavy atom. The summed E-state index contributed by atoms with van der Waals surface area (Å²) in [6, 6.07) is 10.4. The van der Waals surface area contributed by atoms with Gasteiger partial charge in [-0.05, 0) is 12.0 Å². The molecule has 0 bridgehead atoms. The van der Waals surface area contributed by atoms with Gasteiger partial charge in [-0.15, -0.1) is 0 Å². The summed E-state index contributed by atoms with van der Waals surface area (Å²) < 4.78 is 10.9. The number of nitriles is 1. The van der Waals surface area contributed by atoms with Gasteiger partial charge < -0.3 is 9.47 Å². The molecular formula is C15H19NO2. The zero-order valence-corrected chi connectivity index (χ0v) is 11.1. The van der Waals surface area contributed by atoms with Crippen LogP contribution in [0.5, 0.6) is 5.75 Å². The number of nitrogens with zero attached hydrogens (tertiary/aromatic N) is 1. The van der Waals surface area contributed by atoms with Crippen molar-refractivity contribution in [1.29, 1.82) is 5.26 Å². The molecule has 0 radical (unpaired) electrons. The second-order valence-electron chi connectivity index (χ2n) is 5.20. The SMILES string of the molecule is COc1ccccc1C1(C(C#N)C(C)C)COC1. The van der Waals surface area contributed by atoms with Crippen LogP contribution in [0.1, 0.15) is 19.4 Å². The average molecular weight is 245 g/mol. The molecule has 1 aliphatic heterocycles. The van der Waals surface area contributed by atoms with E-state index in [2.05, 4.69) is 19.9 Å². The summed E-state index contributed by atoms with van der Waals surface area (Å²) in [7, 11) is 1.67. The fourth-order valence-electron chi connectivity index (χ4n) is 2.79. The first kappa shape index (κ1) is 12.9. The Hall–Kier alpha value is -1.53. The predicted octanol–water partition coefficient (Wildman–Crippen LogP) is 2.76. The number of rotatable bonds is 4. The molecule has 1 aromatic carbocycles. The van der Waals surface area contributed by atoms with Gasteiger partial charge in [-0.2, -0.15) is 5.26 Å². The molecule has 0 spiro atoms. The van der Waals surface area contributed by atoms with Crippen molar-refractivity contribution in [1.82, 2.24) is 0 Å². The minimum Gasteiger partial charge on any atom is -0.496 e. The Bertz CT molecular complexity index is 458. The second-order valence-corrected chi connectivity index (χ2v) is 5.20. The molecule has 0 amide bonds. The molecule has 0 aromatic heterocycles. The van der Waals surface area contributed by atoms with Crippen molar-refractivity contribution in [2.45, 2.75) is 19.3 Å². The Morgan fingerprint density at radius 3 is 2.44 bits per heavy atom. The topological polar surface area (TPSA) is 42.2 Å². The normalized spacial score (nSPS) is 18.8. The summed E-state index contributed by atoms with van der Waals surface area (Å²) in [6.07, 6.45) is 0. The molecule has 96 valence electrons. The third kappa shape index (κ3) is 1.87. The lowest BCUT2D eigenvalue weighted by Crippen LogP contribution is -2.53. The highest BCUT2D eigenvalue weighted by atomic mass is 16.5. The molecule has 18 heavy (non-hydrogen) atoms. The van der Waals surface area contributed by atoms with E-state index in [4.69, 9.17) is 9.47 Å². The van der Waals surface area contributed by atoms with Crippen LogP contribution >= 0.6 is 0 Å². The van der Waals surface area contributed by atoms with Gasteiger partial charge in [0.05, 0.1) is 37.7 Å². The molecule has 3 nitrogen and oxygen atoms in total. The number of benzene rings is 1. The van der Waals surface area contributed by atoms with E-state index in [1.807, 2.05) is 24.3 Å². The smallest absolute Gasteiger partial charge is 0.122 e. The van der Waals surface area contributed by atoms with Crippen molar-refractivity contribution in [2.24, 2.45) is 11.8 Å². The molecule has 2 rings (SSSR count). The monoisotopic (exact) mass is 245 g/mol. The van der Waals surface area contributed by atoms with Crippen molar-refractivity contribution in [2.75, 3.05) is 20.3 Å². The molecule has 1 aromatic rings. The van der Waals surface area contributed by atoms with E-state index >= 15 is 0 Å². The summed E-state index contributed by atoms with van der Waals surface area (Å²) in [5.41, 5.74) is 0.884. The van der Waals surface area contributed by atoms with E-state index in [0.717, 1.165) is 11.3 Å². The quantitative estimate of drug-likeness (QED) is 0.819. The molecule has 0 saturated carbocycles. The van der Waals surface area contributed by atoms with Crippen LogP contribution < -0.4 is 4.74 Å². The molecule has 0 aliphatic carbocycles. The highest BCUT2D eigenvalue weighted by Crippen LogP contribution is 2.45. The van der Waals surface area contributed by atoms with Gasteiger partial charge in [0.1, 0.15) is 5.75 Å². The summed E-state index contributed by atoms with van der Waals surface area (Å²) in [6.45, 7) is 5.38. The van der Waals surface area contributed by atoms with Gasteiger partial charge in [-0.1, -0.05) is 32.0 Å². The van der Waals surface area contributed by atoms with Crippen molar-refractivity contribution in [3.8, 4) is 11.8 Å².